The van der Waals surface area contributed by atoms with E-state index in [1.165, 1.54) is 4.31 Å². The highest BCUT2D eigenvalue weighted by atomic mass is 32.2. The van der Waals surface area contributed by atoms with E-state index in [1.807, 2.05) is 41.3 Å². The largest absolute Gasteiger partial charge is 0.338 e. The van der Waals surface area contributed by atoms with Gasteiger partial charge in [-0.1, -0.05) is 42.5 Å². The topological polar surface area (TPSA) is 78.0 Å². The lowest BCUT2D eigenvalue weighted by molar-refractivity contribution is -0.128. The van der Waals surface area contributed by atoms with Crippen molar-refractivity contribution in [3.63, 3.8) is 0 Å². The van der Waals surface area contributed by atoms with E-state index in [4.69, 9.17) is 0 Å². The van der Waals surface area contributed by atoms with E-state index >= 15 is 0 Å². The van der Waals surface area contributed by atoms with E-state index in [1.54, 1.807) is 23.1 Å². The van der Waals surface area contributed by atoms with Crippen LogP contribution in [0.25, 0.3) is 0 Å². The minimum Gasteiger partial charge on any atom is -0.338 e. The predicted molar refractivity (Wildman–Crippen MR) is 118 cm³/mol. The molecule has 0 N–H and O–H groups in total. The maximum atomic E-state index is 13.0. The molecule has 2 amide bonds. The Bertz CT molecular complexity index is 1050. The van der Waals surface area contributed by atoms with Gasteiger partial charge >= 0.3 is 0 Å². The summed E-state index contributed by atoms with van der Waals surface area (Å²) in [5, 5.41) is 0. The van der Waals surface area contributed by atoms with Crippen LogP contribution in [0.4, 0.5) is 0 Å². The smallest absolute Gasteiger partial charge is 0.253 e. The van der Waals surface area contributed by atoms with E-state index in [0.29, 0.717) is 44.7 Å². The molecule has 0 aromatic heterocycles. The second-order valence-electron chi connectivity index (χ2n) is 8.05. The third-order valence-corrected chi connectivity index (χ3v) is 7.68. The Hall–Kier alpha value is -2.71. The fourth-order valence-electron chi connectivity index (χ4n) is 4.12. The van der Waals surface area contributed by atoms with Crippen LogP contribution < -0.4 is 0 Å². The maximum absolute atomic E-state index is 13.0. The van der Waals surface area contributed by atoms with Gasteiger partial charge in [-0.15, -0.1) is 0 Å². The monoisotopic (exact) mass is 441 g/mol. The van der Waals surface area contributed by atoms with Crippen molar-refractivity contribution in [1.82, 2.24) is 14.1 Å². The molecule has 0 spiro atoms. The lowest BCUT2D eigenvalue weighted by Crippen LogP contribution is -2.50. The molecule has 8 heteroatoms. The molecule has 7 nitrogen and oxygen atoms in total. The third kappa shape index (κ3) is 5.14. The Morgan fingerprint density at radius 1 is 0.871 bits per heavy atom. The van der Waals surface area contributed by atoms with Crippen LogP contribution in [0, 0.1) is 0 Å². The van der Waals surface area contributed by atoms with Crippen molar-refractivity contribution >= 4 is 21.8 Å². The Kier molecular flexibility index (Phi) is 6.38. The zero-order chi connectivity index (χ0) is 21.8. The van der Waals surface area contributed by atoms with Crippen LogP contribution in [-0.2, 0) is 27.1 Å². The molecule has 0 aliphatic carbocycles. The van der Waals surface area contributed by atoms with Gasteiger partial charge in [0, 0.05) is 51.3 Å². The first-order valence-electron chi connectivity index (χ1n) is 10.6. The molecular formula is C23H27N3O4S. The van der Waals surface area contributed by atoms with Gasteiger partial charge in [-0.05, 0) is 29.7 Å². The molecule has 2 fully saturated rings. The SMILES string of the molecule is O=C1CCCN1Cc1cccc(C(=O)N2CCN(S(=O)(=O)Cc3ccccc3)CC2)c1. The summed E-state index contributed by atoms with van der Waals surface area (Å²) in [5.74, 6) is 0.0262. The number of sulfonamides is 1. The van der Waals surface area contributed by atoms with E-state index in [2.05, 4.69) is 0 Å². The van der Waals surface area contributed by atoms with Crippen LogP contribution in [0.1, 0.15) is 34.3 Å². The number of benzene rings is 2. The minimum atomic E-state index is -3.42. The zero-order valence-electron chi connectivity index (χ0n) is 17.4. The van der Waals surface area contributed by atoms with E-state index in [9.17, 15) is 18.0 Å². The number of carbonyl (C=O) groups excluding carboxylic acids is 2. The number of hydrogen-bond acceptors (Lipinski definition) is 4. The summed E-state index contributed by atoms with van der Waals surface area (Å²) in [4.78, 5) is 28.4. The normalized spacial score (nSPS) is 17.9. The number of rotatable bonds is 6. The molecule has 0 radical (unpaired) electrons. The lowest BCUT2D eigenvalue weighted by atomic mass is 10.1. The molecule has 2 saturated heterocycles. The van der Waals surface area contributed by atoms with Gasteiger partial charge in [-0.25, -0.2) is 8.42 Å². The van der Waals surface area contributed by atoms with Gasteiger partial charge in [-0.2, -0.15) is 4.31 Å². The lowest BCUT2D eigenvalue weighted by Gasteiger charge is -2.34. The van der Waals surface area contributed by atoms with Gasteiger partial charge in [0.2, 0.25) is 15.9 Å². The highest BCUT2D eigenvalue weighted by Gasteiger charge is 2.29. The molecule has 31 heavy (non-hydrogen) atoms. The van der Waals surface area contributed by atoms with E-state index < -0.39 is 10.0 Å². The molecule has 2 aliphatic heterocycles. The zero-order valence-corrected chi connectivity index (χ0v) is 18.3. The van der Waals surface area contributed by atoms with Gasteiger partial charge in [0.25, 0.3) is 5.91 Å². The number of amides is 2. The number of nitrogens with zero attached hydrogens (tertiary/aromatic N) is 3. The van der Waals surface area contributed by atoms with Crippen molar-refractivity contribution in [1.29, 1.82) is 0 Å². The van der Waals surface area contributed by atoms with Crippen molar-refractivity contribution < 1.29 is 18.0 Å². The summed E-state index contributed by atoms with van der Waals surface area (Å²) in [6, 6.07) is 16.5. The highest BCUT2D eigenvalue weighted by molar-refractivity contribution is 7.88. The van der Waals surface area contributed by atoms with Crippen molar-refractivity contribution in [3.05, 3.63) is 71.3 Å². The maximum Gasteiger partial charge on any atom is 0.253 e. The standard InChI is InChI=1S/C23H27N3O4S/c27-22-10-5-11-25(22)17-20-8-4-9-21(16-20)23(28)24-12-14-26(15-13-24)31(29,30)18-19-6-2-1-3-7-19/h1-4,6-9,16H,5,10-15,17-18H2. The molecule has 0 saturated carbocycles. The Balaban J connectivity index is 1.36. The van der Waals surface area contributed by atoms with Crippen molar-refractivity contribution in [3.8, 4) is 0 Å². The molecular weight excluding hydrogens is 414 g/mol. The van der Waals surface area contributed by atoms with Crippen LogP contribution in [0.5, 0.6) is 0 Å². The molecule has 0 bridgehead atoms. The summed E-state index contributed by atoms with van der Waals surface area (Å²) >= 11 is 0. The Morgan fingerprint density at radius 3 is 2.26 bits per heavy atom. The average Bonchev–Trinajstić information content (AvgIpc) is 3.18. The summed E-state index contributed by atoms with van der Waals surface area (Å²) in [6.45, 7) is 2.59. The summed E-state index contributed by atoms with van der Waals surface area (Å²) < 4.78 is 26.9. The molecule has 4 rings (SSSR count). The molecule has 0 atom stereocenters. The van der Waals surface area contributed by atoms with Crippen LogP contribution in [0.2, 0.25) is 0 Å². The molecule has 2 heterocycles. The summed E-state index contributed by atoms with van der Waals surface area (Å²) in [6.07, 6.45) is 1.48. The quantitative estimate of drug-likeness (QED) is 0.688. The highest BCUT2D eigenvalue weighted by Crippen LogP contribution is 2.18. The van der Waals surface area contributed by atoms with Gasteiger partial charge in [0.1, 0.15) is 0 Å². The molecule has 164 valence electrons. The first-order chi connectivity index (χ1) is 14.9. The molecule has 0 unspecified atom stereocenters. The van der Waals surface area contributed by atoms with E-state index in [0.717, 1.165) is 24.1 Å². The number of likely N-dealkylation sites (tertiary alicyclic amines) is 1. The van der Waals surface area contributed by atoms with Crippen molar-refractivity contribution in [2.45, 2.75) is 25.1 Å². The van der Waals surface area contributed by atoms with Gasteiger partial charge in [0.05, 0.1) is 5.75 Å². The van der Waals surface area contributed by atoms with Crippen LogP contribution in [-0.4, -0.2) is 67.1 Å². The number of carbonyl (C=O) groups is 2. The van der Waals surface area contributed by atoms with Gasteiger partial charge < -0.3 is 9.80 Å². The first kappa shape index (κ1) is 21.5. The van der Waals surface area contributed by atoms with Crippen molar-refractivity contribution in [2.24, 2.45) is 0 Å². The average molecular weight is 442 g/mol. The Labute approximate surface area is 183 Å². The van der Waals surface area contributed by atoms with Gasteiger partial charge in [0.15, 0.2) is 0 Å². The molecule has 2 aliphatic rings. The fraction of sp³-hybridized carbons (Fsp3) is 0.391. The first-order valence-corrected chi connectivity index (χ1v) is 12.2. The minimum absolute atomic E-state index is 0.0287. The fourth-order valence-corrected chi connectivity index (χ4v) is 5.64. The number of piperazine rings is 1. The molecule has 2 aromatic carbocycles. The van der Waals surface area contributed by atoms with Crippen LogP contribution >= 0.6 is 0 Å². The third-order valence-electron chi connectivity index (χ3n) is 5.83. The van der Waals surface area contributed by atoms with Gasteiger partial charge in [-0.3, -0.25) is 9.59 Å². The number of hydrogen-bond donors (Lipinski definition) is 0. The predicted octanol–water partition coefficient (Wildman–Crippen LogP) is 2.10. The van der Waals surface area contributed by atoms with Crippen LogP contribution in [0.15, 0.2) is 54.6 Å². The van der Waals surface area contributed by atoms with E-state index in [-0.39, 0.29) is 17.6 Å². The van der Waals surface area contributed by atoms with Crippen molar-refractivity contribution in [2.75, 3.05) is 32.7 Å². The summed E-state index contributed by atoms with van der Waals surface area (Å²) in [5.41, 5.74) is 2.27. The second-order valence-corrected chi connectivity index (χ2v) is 10.0. The Morgan fingerprint density at radius 2 is 1.58 bits per heavy atom. The summed E-state index contributed by atoms with van der Waals surface area (Å²) in [7, 11) is -3.42. The second kappa shape index (κ2) is 9.20. The molecule has 2 aromatic rings. The van der Waals surface area contributed by atoms with Crippen LogP contribution in [0.3, 0.4) is 0 Å².